The van der Waals surface area contributed by atoms with Crippen molar-refractivity contribution in [1.29, 1.82) is 0 Å². The maximum atomic E-state index is 11.9. The Hall–Kier alpha value is -2.04. The topological polar surface area (TPSA) is 75.6 Å². The predicted molar refractivity (Wildman–Crippen MR) is 64.3 cm³/mol. The highest BCUT2D eigenvalue weighted by atomic mass is 16.5. The molecule has 96 valence electrons. The number of carboxylic acids is 1. The van der Waals surface area contributed by atoms with Gasteiger partial charge in [-0.15, -0.1) is 0 Å². The molecular weight excluding hydrogens is 234 g/mol. The standard InChI is InChI=1S/C13H15NO4/c1-9(11(15)16)14-12(17)13(7-8-13)18-10-5-3-2-4-6-10/h2-6,9H,7-8H2,1H3,(H,14,17)(H,15,16)/t9-/m1/s1. The van der Waals surface area contributed by atoms with Crippen molar-refractivity contribution in [2.75, 3.05) is 0 Å². The number of aliphatic carboxylic acids is 1. The van der Waals surface area contributed by atoms with Gasteiger partial charge in [0.05, 0.1) is 0 Å². The largest absolute Gasteiger partial charge is 0.480 e. The minimum absolute atomic E-state index is 0.360. The smallest absolute Gasteiger partial charge is 0.325 e. The Morgan fingerprint density at radius 2 is 1.94 bits per heavy atom. The van der Waals surface area contributed by atoms with Crippen LogP contribution in [0.15, 0.2) is 30.3 Å². The Morgan fingerprint density at radius 1 is 1.33 bits per heavy atom. The van der Waals surface area contributed by atoms with Gasteiger partial charge >= 0.3 is 5.97 Å². The Balaban J connectivity index is 1.99. The zero-order valence-corrected chi connectivity index (χ0v) is 10.1. The maximum Gasteiger partial charge on any atom is 0.325 e. The van der Waals surface area contributed by atoms with Gasteiger partial charge in [-0.25, -0.2) is 0 Å². The Bertz CT molecular complexity index is 453. The molecule has 1 aliphatic carbocycles. The van der Waals surface area contributed by atoms with Gasteiger partial charge in [-0.2, -0.15) is 0 Å². The molecule has 1 amide bonds. The average molecular weight is 249 g/mol. The van der Waals surface area contributed by atoms with E-state index in [1.807, 2.05) is 18.2 Å². The van der Waals surface area contributed by atoms with Crippen LogP contribution in [0.4, 0.5) is 0 Å². The summed E-state index contributed by atoms with van der Waals surface area (Å²) in [5.74, 6) is -0.798. The molecule has 1 aromatic carbocycles. The Morgan fingerprint density at radius 3 is 2.44 bits per heavy atom. The van der Waals surface area contributed by atoms with E-state index in [4.69, 9.17) is 9.84 Å². The summed E-state index contributed by atoms with van der Waals surface area (Å²) in [7, 11) is 0. The number of para-hydroxylation sites is 1. The molecule has 5 heteroatoms. The third-order valence-electron chi connectivity index (χ3n) is 2.89. The molecule has 0 aliphatic heterocycles. The molecule has 1 aliphatic rings. The van der Waals surface area contributed by atoms with Crippen LogP contribution in [0.2, 0.25) is 0 Å². The number of nitrogens with one attached hydrogen (secondary N) is 1. The van der Waals surface area contributed by atoms with Crippen molar-refractivity contribution in [3.8, 4) is 5.75 Å². The molecule has 2 rings (SSSR count). The summed E-state index contributed by atoms with van der Waals surface area (Å²) in [6.07, 6.45) is 1.22. The molecule has 0 aromatic heterocycles. The van der Waals surface area contributed by atoms with Crippen LogP contribution in [-0.2, 0) is 9.59 Å². The third-order valence-corrected chi connectivity index (χ3v) is 2.89. The van der Waals surface area contributed by atoms with Crippen LogP contribution in [0.25, 0.3) is 0 Å². The maximum absolute atomic E-state index is 11.9. The van der Waals surface area contributed by atoms with Gasteiger partial charge in [0.1, 0.15) is 11.8 Å². The molecule has 18 heavy (non-hydrogen) atoms. The summed E-state index contributed by atoms with van der Waals surface area (Å²) >= 11 is 0. The highest BCUT2D eigenvalue weighted by Crippen LogP contribution is 2.40. The van der Waals surface area contributed by atoms with Gasteiger partial charge in [0.2, 0.25) is 0 Å². The molecular formula is C13H15NO4. The highest BCUT2D eigenvalue weighted by Gasteiger charge is 2.53. The lowest BCUT2D eigenvalue weighted by molar-refractivity contribution is -0.143. The second-order valence-electron chi connectivity index (χ2n) is 4.44. The van der Waals surface area contributed by atoms with Gasteiger partial charge in [-0.3, -0.25) is 9.59 Å². The minimum atomic E-state index is -1.06. The molecule has 0 bridgehead atoms. The van der Waals surface area contributed by atoms with E-state index >= 15 is 0 Å². The van der Waals surface area contributed by atoms with E-state index in [0.29, 0.717) is 18.6 Å². The van der Waals surface area contributed by atoms with Crippen LogP contribution in [0.1, 0.15) is 19.8 Å². The Kier molecular flexibility index (Phi) is 3.23. The molecule has 1 atom stereocenters. The van der Waals surface area contributed by atoms with Crippen LogP contribution >= 0.6 is 0 Å². The van der Waals surface area contributed by atoms with Crippen molar-refractivity contribution in [3.63, 3.8) is 0 Å². The van der Waals surface area contributed by atoms with E-state index in [1.54, 1.807) is 12.1 Å². The van der Waals surface area contributed by atoms with Crippen LogP contribution in [-0.4, -0.2) is 28.6 Å². The first kappa shape index (κ1) is 12.4. The lowest BCUT2D eigenvalue weighted by Crippen LogP contribution is -2.47. The van der Waals surface area contributed by atoms with Crippen LogP contribution < -0.4 is 10.1 Å². The monoisotopic (exact) mass is 249 g/mol. The van der Waals surface area contributed by atoms with Gasteiger partial charge in [-0.05, 0) is 19.1 Å². The lowest BCUT2D eigenvalue weighted by atomic mass is 10.2. The van der Waals surface area contributed by atoms with Crippen molar-refractivity contribution in [3.05, 3.63) is 30.3 Å². The van der Waals surface area contributed by atoms with E-state index in [2.05, 4.69) is 5.32 Å². The number of carboxylic acid groups (broad SMARTS) is 1. The normalized spacial score (nSPS) is 17.6. The van der Waals surface area contributed by atoms with Gasteiger partial charge in [-0.1, -0.05) is 18.2 Å². The first-order chi connectivity index (χ1) is 8.53. The second-order valence-corrected chi connectivity index (χ2v) is 4.44. The Labute approximate surface area is 105 Å². The van der Waals surface area contributed by atoms with Crippen molar-refractivity contribution in [2.45, 2.75) is 31.4 Å². The number of amides is 1. The molecule has 2 N–H and O–H groups in total. The fourth-order valence-corrected chi connectivity index (χ4v) is 1.59. The summed E-state index contributed by atoms with van der Waals surface area (Å²) < 4.78 is 5.65. The van der Waals surface area contributed by atoms with Gasteiger partial charge in [0.15, 0.2) is 5.60 Å². The fourth-order valence-electron chi connectivity index (χ4n) is 1.59. The van der Waals surface area contributed by atoms with Crippen LogP contribution in [0.3, 0.4) is 0 Å². The highest BCUT2D eigenvalue weighted by molar-refractivity contribution is 5.91. The van der Waals surface area contributed by atoms with E-state index in [1.165, 1.54) is 6.92 Å². The number of hydrogen-bond donors (Lipinski definition) is 2. The van der Waals surface area contributed by atoms with E-state index in [9.17, 15) is 9.59 Å². The van der Waals surface area contributed by atoms with Gasteiger partial charge < -0.3 is 15.2 Å². The quantitative estimate of drug-likeness (QED) is 0.821. The summed E-state index contributed by atoms with van der Waals surface area (Å²) in [6, 6.07) is 8.14. The summed E-state index contributed by atoms with van der Waals surface area (Å²) in [5.41, 5.74) is -0.884. The van der Waals surface area contributed by atoms with E-state index < -0.39 is 17.6 Å². The van der Waals surface area contributed by atoms with E-state index in [-0.39, 0.29) is 5.91 Å². The fraction of sp³-hybridized carbons (Fsp3) is 0.385. The molecule has 0 heterocycles. The molecule has 0 spiro atoms. The van der Waals surface area contributed by atoms with Crippen LogP contribution in [0, 0.1) is 0 Å². The number of ether oxygens (including phenoxy) is 1. The minimum Gasteiger partial charge on any atom is -0.480 e. The number of carbonyl (C=O) groups is 2. The molecule has 1 aromatic rings. The number of rotatable bonds is 5. The number of hydrogen-bond acceptors (Lipinski definition) is 3. The number of carbonyl (C=O) groups excluding carboxylic acids is 1. The van der Waals surface area contributed by atoms with Crippen molar-refractivity contribution in [1.82, 2.24) is 5.32 Å². The van der Waals surface area contributed by atoms with E-state index in [0.717, 1.165) is 0 Å². The van der Waals surface area contributed by atoms with Crippen molar-refractivity contribution >= 4 is 11.9 Å². The molecule has 0 radical (unpaired) electrons. The zero-order valence-electron chi connectivity index (χ0n) is 10.1. The first-order valence-electron chi connectivity index (χ1n) is 5.81. The SMILES string of the molecule is C[C@@H](NC(=O)C1(Oc2ccccc2)CC1)C(=O)O. The molecule has 0 unspecified atom stereocenters. The van der Waals surface area contributed by atoms with Gasteiger partial charge in [0, 0.05) is 12.8 Å². The van der Waals surface area contributed by atoms with Gasteiger partial charge in [0.25, 0.3) is 5.91 Å². The van der Waals surface area contributed by atoms with Crippen molar-refractivity contribution in [2.24, 2.45) is 0 Å². The summed E-state index contributed by atoms with van der Waals surface area (Å²) in [6.45, 7) is 1.43. The lowest BCUT2D eigenvalue weighted by Gasteiger charge is -2.19. The average Bonchev–Trinajstić information content (AvgIpc) is 3.11. The predicted octanol–water partition coefficient (Wildman–Crippen LogP) is 1.19. The summed E-state index contributed by atoms with van der Waals surface area (Å²) in [4.78, 5) is 22.6. The third kappa shape index (κ3) is 2.61. The second kappa shape index (κ2) is 4.68. The molecule has 0 saturated heterocycles. The van der Waals surface area contributed by atoms with Crippen molar-refractivity contribution < 1.29 is 19.4 Å². The number of benzene rings is 1. The molecule has 1 fully saturated rings. The zero-order chi connectivity index (χ0) is 13.2. The first-order valence-corrected chi connectivity index (χ1v) is 5.81. The summed E-state index contributed by atoms with van der Waals surface area (Å²) in [5, 5.41) is 11.2. The molecule has 1 saturated carbocycles. The van der Waals surface area contributed by atoms with Crippen LogP contribution in [0.5, 0.6) is 5.75 Å². The molecule has 5 nitrogen and oxygen atoms in total.